The van der Waals surface area contributed by atoms with Crippen LogP contribution in [0, 0.1) is 36.1 Å². The molecule has 0 radical (unpaired) electrons. The van der Waals surface area contributed by atoms with E-state index in [1.807, 2.05) is 24.3 Å². The van der Waals surface area contributed by atoms with Crippen molar-refractivity contribution in [2.45, 2.75) is 146 Å². The average molecular weight is 854 g/mol. The summed E-state index contributed by atoms with van der Waals surface area (Å²) in [6.45, 7) is 27.3. The molecule has 0 bridgehead atoms. The number of hydrogen-bond donors (Lipinski definition) is 0. The van der Waals surface area contributed by atoms with Crippen LogP contribution in [-0.2, 0) is 46.7 Å². The Morgan fingerprint density at radius 2 is 0.870 bits per heavy atom. The summed E-state index contributed by atoms with van der Waals surface area (Å²) in [5.41, 5.74) is 9.93. The standard InChI is InChI=1S/2C13H21.2C5H5.2C2H6Si.2ClH.2Zr/c2*1-5-10-9-11(6-2)13(8-4)12(10)7-3;2*1-2-4-5-3-1;2*1-3-2;;;;/h2*10H,5-8H2,1-4H3;2*1-3H,4H2;2*1-2H3;2*1H;;/q4*-1;;;;;2*+2/p-2. The van der Waals surface area contributed by atoms with E-state index in [2.05, 4.69) is 118 Å². The van der Waals surface area contributed by atoms with Crippen LogP contribution in [0.5, 0.6) is 0 Å². The minimum atomic E-state index is 0. The van der Waals surface area contributed by atoms with Gasteiger partial charge in [-0.2, -0.15) is 34.4 Å². The molecular formula is C40H64Cl2Si2Zr2-2. The average Bonchev–Trinajstić information content (AvgIpc) is 3.83. The van der Waals surface area contributed by atoms with Gasteiger partial charge in [0.2, 0.25) is 0 Å². The van der Waals surface area contributed by atoms with Crippen molar-refractivity contribution in [3.05, 3.63) is 94.2 Å². The van der Waals surface area contributed by atoms with Crippen LogP contribution < -0.4 is 24.8 Å². The van der Waals surface area contributed by atoms with Gasteiger partial charge in [-0.25, -0.2) is 35.5 Å². The summed E-state index contributed by atoms with van der Waals surface area (Å²) in [4.78, 5) is 0. The van der Waals surface area contributed by atoms with E-state index in [0.717, 1.165) is 25.7 Å². The smallest absolute Gasteiger partial charge is 0.109 e. The van der Waals surface area contributed by atoms with Gasteiger partial charge in [0.05, 0.1) is 0 Å². The SMILES string of the molecule is CCC1=[C-]C(CC)C(CC)=C1CC.CCC1=[C-]C(CC)C(CC)=C1CC.C[Si](C)=[Zr+2].C[Si](C)=[Zr+2].[C-]1=CC=CC1.[C-]1=CC=CC1.[Cl-].[Cl-]. The molecule has 0 aromatic rings. The van der Waals surface area contributed by atoms with Gasteiger partial charge in [0.1, 0.15) is 0 Å². The Hall–Kier alpha value is 0.700. The second kappa shape index (κ2) is 35.5. The molecule has 0 aliphatic heterocycles. The van der Waals surface area contributed by atoms with Crippen molar-refractivity contribution in [3.8, 4) is 0 Å². The third kappa shape index (κ3) is 24.8. The van der Waals surface area contributed by atoms with Crippen LogP contribution in [0.4, 0.5) is 0 Å². The molecule has 0 spiro atoms. The monoisotopic (exact) mass is 850 g/mol. The molecular weight excluding hydrogens is 790 g/mol. The van der Waals surface area contributed by atoms with Gasteiger partial charge in [-0.3, -0.25) is 24.3 Å². The molecule has 2 unspecified atom stereocenters. The minimum Gasteiger partial charge on any atom is -1.00 e. The minimum absolute atomic E-state index is 0. The number of hydrogen-bond acceptors (Lipinski definition) is 0. The van der Waals surface area contributed by atoms with Gasteiger partial charge < -0.3 is 24.8 Å². The number of rotatable bonds is 8. The van der Waals surface area contributed by atoms with Crippen molar-refractivity contribution in [1.29, 1.82) is 0 Å². The third-order valence-corrected chi connectivity index (χ3v) is 7.21. The summed E-state index contributed by atoms with van der Waals surface area (Å²) in [6.07, 6.45) is 36.8. The Kier molecular flexibility index (Phi) is 41.3. The van der Waals surface area contributed by atoms with Crippen molar-refractivity contribution in [1.82, 2.24) is 0 Å². The molecule has 0 aromatic carbocycles. The van der Waals surface area contributed by atoms with Crippen molar-refractivity contribution in [2.75, 3.05) is 0 Å². The molecule has 0 nitrogen and oxygen atoms in total. The Labute approximate surface area is 331 Å². The molecule has 0 amide bonds. The second-order valence-corrected chi connectivity index (χ2v) is 30.1. The Morgan fingerprint density at radius 1 is 0.565 bits per heavy atom. The fourth-order valence-electron chi connectivity index (χ4n) is 5.39. The number of allylic oxidation sites excluding steroid dienone is 16. The summed E-state index contributed by atoms with van der Waals surface area (Å²) in [5.74, 6) is 1.27. The van der Waals surface area contributed by atoms with E-state index < -0.39 is 0 Å². The summed E-state index contributed by atoms with van der Waals surface area (Å²) in [5, 5.41) is 0. The Morgan fingerprint density at radius 3 is 1.00 bits per heavy atom. The van der Waals surface area contributed by atoms with Crippen LogP contribution in [0.2, 0.25) is 26.2 Å². The van der Waals surface area contributed by atoms with Crippen molar-refractivity contribution < 1.29 is 71.5 Å². The Balaban J connectivity index is -0.000000247. The van der Waals surface area contributed by atoms with E-state index in [0.29, 0.717) is 11.8 Å². The predicted octanol–water partition coefficient (Wildman–Crippen LogP) is 6.75. The van der Waals surface area contributed by atoms with Crippen molar-refractivity contribution >= 4 is 10.9 Å². The topological polar surface area (TPSA) is 0 Å². The van der Waals surface area contributed by atoms with Gasteiger partial charge in [-0.15, -0.1) is 12.8 Å². The largest absolute Gasteiger partial charge is 1.00 e. The van der Waals surface area contributed by atoms with E-state index in [1.165, 1.54) is 49.7 Å². The zero-order chi connectivity index (χ0) is 33.9. The van der Waals surface area contributed by atoms with Gasteiger partial charge in [-0.05, 0) is 0 Å². The van der Waals surface area contributed by atoms with Crippen LogP contribution in [0.25, 0.3) is 0 Å². The first-order valence-electron chi connectivity index (χ1n) is 17.2. The molecule has 2 atom stereocenters. The first-order valence-corrected chi connectivity index (χ1v) is 29.6. The molecule has 0 fully saturated rings. The molecule has 4 aliphatic carbocycles. The van der Waals surface area contributed by atoms with Gasteiger partial charge in [0, 0.05) is 0 Å². The predicted molar refractivity (Wildman–Crippen MR) is 195 cm³/mol. The molecule has 0 saturated carbocycles. The number of halogens is 2. The van der Waals surface area contributed by atoms with E-state index in [1.54, 1.807) is 69.0 Å². The van der Waals surface area contributed by atoms with Crippen LogP contribution in [-0.4, -0.2) is 10.9 Å². The molecule has 46 heavy (non-hydrogen) atoms. The molecule has 0 heterocycles. The van der Waals surface area contributed by atoms with Crippen LogP contribution in [0.15, 0.2) is 69.9 Å². The maximum Gasteiger partial charge on any atom is -0.109 e. The zero-order valence-corrected chi connectivity index (χ0v) is 39.9. The molecule has 4 aliphatic rings. The summed E-state index contributed by atoms with van der Waals surface area (Å²) >= 11 is 3.48. The van der Waals surface area contributed by atoms with E-state index >= 15 is 0 Å². The zero-order valence-electron chi connectivity index (χ0n) is 31.4. The quantitative estimate of drug-likeness (QED) is 0.188. The van der Waals surface area contributed by atoms with Gasteiger partial charge in [0.25, 0.3) is 0 Å². The molecule has 4 rings (SSSR count). The fourth-order valence-corrected chi connectivity index (χ4v) is 5.39. The van der Waals surface area contributed by atoms with Crippen LogP contribution >= 0.6 is 0 Å². The summed E-state index contributed by atoms with van der Waals surface area (Å²) in [6, 6.07) is 0. The Bertz CT molecular complexity index is 975. The summed E-state index contributed by atoms with van der Waals surface area (Å²) < 4.78 is 0. The van der Waals surface area contributed by atoms with E-state index in [-0.39, 0.29) is 35.7 Å². The molecule has 256 valence electrons. The van der Waals surface area contributed by atoms with Crippen LogP contribution in [0.3, 0.4) is 0 Å². The normalized spacial score (nSPS) is 17.7. The van der Waals surface area contributed by atoms with Crippen molar-refractivity contribution in [2.24, 2.45) is 11.8 Å². The van der Waals surface area contributed by atoms with Crippen molar-refractivity contribution in [3.63, 3.8) is 0 Å². The molecule has 6 heteroatoms. The first-order chi connectivity index (χ1) is 21.0. The maximum atomic E-state index is 3.63. The molecule has 0 saturated heterocycles. The second-order valence-electron chi connectivity index (χ2n) is 11.3. The maximum absolute atomic E-state index is 3.63. The van der Waals surface area contributed by atoms with Crippen LogP contribution in [0.1, 0.15) is 120 Å². The molecule has 0 N–H and O–H groups in total. The summed E-state index contributed by atoms with van der Waals surface area (Å²) in [7, 11) is 0. The van der Waals surface area contributed by atoms with Gasteiger partial charge >= 0.3 is 83.7 Å². The van der Waals surface area contributed by atoms with E-state index in [9.17, 15) is 0 Å². The van der Waals surface area contributed by atoms with Gasteiger partial charge in [-0.1, -0.05) is 119 Å². The van der Waals surface area contributed by atoms with E-state index in [4.69, 9.17) is 0 Å². The first kappa shape index (κ1) is 53.5. The molecule has 0 aromatic heterocycles. The fraction of sp³-hybridized carbons (Fsp3) is 0.600. The third-order valence-electron chi connectivity index (χ3n) is 7.21. The van der Waals surface area contributed by atoms with Gasteiger partial charge in [0.15, 0.2) is 0 Å².